The van der Waals surface area contributed by atoms with Crippen molar-refractivity contribution in [2.45, 2.75) is 20.3 Å². The second-order valence-electron chi connectivity index (χ2n) is 4.78. The summed E-state index contributed by atoms with van der Waals surface area (Å²) in [5.41, 5.74) is 0.583. The Bertz CT molecular complexity index is 552. The molecule has 0 aliphatic heterocycles. The summed E-state index contributed by atoms with van der Waals surface area (Å²) >= 11 is 0. The minimum absolute atomic E-state index is 0.250. The van der Waals surface area contributed by atoms with E-state index in [-0.39, 0.29) is 6.03 Å². The molecule has 0 bridgehead atoms. The molecule has 0 unspecified atom stereocenters. The molecular weight excluding hydrogens is 256 g/mol. The Morgan fingerprint density at radius 2 is 2.30 bits per heavy atom. The van der Waals surface area contributed by atoms with Crippen LogP contribution in [0.4, 0.5) is 10.5 Å². The number of rotatable bonds is 5. The number of carbonyl (C=O) groups is 1. The smallest absolute Gasteiger partial charge is 0.319 e. The molecule has 2 N–H and O–H groups in total. The van der Waals surface area contributed by atoms with Crippen LogP contribution in [0.25, 0.3) is 5.82 Å². The van der Waals surface area contributed by atoms with Gasteiger partial charge >= 0.3 is 6.03 Å². The summed E-state index contributed by atoms with van der Waals surface area (Å²) < 4.78 is 1.50. The number of hydrogen-bond acceptors (Lipinski definition) is 4. The second-order valence-corrected chi connectivity index (χ2v) is 4.78. The van der Waals surface area contributed by atoms with Crippen molar-refractivity contribution in [1.29, 1.82) is 0 Å². The molecule has 2 aromatic heterocycles. The van der Waals surface area contributed by atoms with E-state index in [9.17, 15) is 4.79 Å². The van der Waals surface area contributed by atoms with E-state index in [4.69, 9.17) is 0 Å². The van der Waals surface area contributed by atoms with E-state index in [1.165, 1.54) is 17.3 Å². The van der Waals surface area contributed by atoms with Gasteiger partial charge in [-0.2, -0.15) is 5.10 Å². The van der Waals surface area contributed by atoms with Crippen molar-refractivity contribution in [2.75, 3.05) is 11.9 Å². The molecule has 0 radical (unpaired) electrons. The van der Waals surface area contributed by atoms with Gasteiger partial charge in [-0.15, -0.1) is 0 Å². The van der Waals surface area contributed by atoms with Crippen molar-refractivity contribution >= 4 is 11.7 Å². The zero-order chi connectivity index (χ0) is 14.4. The number of nitrogens with zero attached hydrogens (tertiary/aromatic N) is 4. The summed E-state index contributed by atoms with van der Waals surface area (Å²) in [6.45, 7) is 4.87. The van der Waals surface area contributed by atoms with Gasteiger partial charge in [0.1, 0.15) is 12.7 Å². The van der Waals surface area contributed by atoms with Crippen molar-refractivity contribution in [3.05, 3.63) is 31.0 Å². The maximum atomic E-state index is 11.8. The number of pyridine rings is 1. The number of amides is 2. The van der Waals surface area contributed by atoms with Crippen LogP contribution in [0.3, 0.4) is 0 Å². The minimum Gasteiger partial charge on any atom is -0.338 e. The molecule has 0 aromatic carbocycles. The molecule has 0 fully saturated rings. The molecule has 7 heteroatoms. The standard InChI is InChI=1S/C13H18N6O/c1-10(2)5-7-16-13(20)18-11-4-3-6-15-12(11)19-9-14-8-17-19/h3-4,6,8-10H,5,7H2,1-2H3,(H2,16,18,20). The van der Waals surface area contributed by atoms with Crippen molar-refractivity contribution in [2.24, 2.45) is 5.92 Å². The fraction of sp³-hybridized carbons (Fsp3) is 0.385. The summed E-state index contributed by atoms with van der Waals surface area (Å²) in [4.78, 5) is 19.9. The van der Waals surface area contributed by atoms with E-state index in [1.54, 1.807) is 18.3 Å². The summed E-state index contributed by atoms with van der Waals surface area (Å²) in [5, 5.41) is 9.59. The van der Waals surface area contributed by atoms with E-state index in [2.05, 4.69) is 39.5 Å². The van der Waals surface area contributed by atoms with Gasteiger partial charge in [0.05, 0.1) is 5.69 Å². The third-order valence-corrected chi connectivity index (χ3v) is 2.68. The predicted molar refractivity (Wildman–Crippen MR) is 75.6 cm³/mol. The lowest BCUT2D eigenvalue weighted by Gasteiger charge is -2.11. The zero-order valence-electron chi connectivity index (χ0n) is 11.6. The lowest BCUT2D eigenvalue weighted by atomic mass is 10.1. The van der Waals surface area contributed by atoms with Crippen molar-refractivity contribution in [1.82, 2.24) is 25.1 Å². The number of hydrogen-bond donors (Lipinski definition) is 2. The number of nitrogens with one attached hydrogen (secondary N) is 2. The highest BCUT2D eigenvalue weighted by Crippen LogP contribution is 2.15. The van der Waals surface area contributed by atoms with Crippen LogP contribution >= 0.6 is 0 Å². The summed E-state index contributed by atoms with van der Waals surface area (Å²) in [5.74, 6) is 1.09. The molecule has 20 heavy (non-hydrogen) atoms. The maximum Gasteiger partial charge on any atom is 0.319 e. The molecule has 0 spiro atoms. The first-order valence-corrected chi connectivity index (χ1v) is 6.51. The van der Waals surface area contributed by atoms with Crippen LogP contribution in [0, 0.1) is 5.92 Å². The largest absolute Gasteiger partial charge is 0.338 e. The number of aromatic nitrogens is 4. The second kappa shape index (κ2) is 6.65. The Balaban J connectivity index is 2.01. The molecular formula is C13H18N6O. The van der Waals surface area contributed by atoms with E-state index in [0.29, 0.717) is 24.0 Å². The van der Waals surface area contributed by atoms with Gasteiger partial charge in [0.2, 0.25) is 0 Å². The Morgan fingerprint density at radius 3 is 3.00 bits per heavy atom. The first-order chi connectivity index (χ1) is 9.66. The SMILES string of the molecule is CC(C)CCNC(=O)Nc1cccnc1-n1cncn1. The Labute approximate surface area is 117 Å². The number of carbonyl (C=O) groups excluding carboxylic acids is 1. The predicted octanol–water partition coefficient (Wildman–Crippen LogP) is 1.83. The summed E-state index contributed by atoms with van der Waals surface area (Å²) in [7, 11) is 0. The van der Waals surface area contributed by atoms with Gasteiger partial charge in [0.15, 0.2) is 5.82 Å². The fourth-order valence-electron chi connectivity index (χ4n) is 1.64. The van der Waals surface area contributed by atoms with Crippen LogP contribution in [0.2, 0.25) is 0 Å². The Morgan fingerprint density at radius 1 is 1.45 bits per heavy atom. The highest BCUT2D eigenvalue weighted by atomic mass is 16.2. The topological polar surface area (TPSA) is 84.7 Å². The lowest BCUT2D eigenvalue weighted by Crippen LogP contribution is -2.30. The lowest BCUT2D eigenvalue weighted by molar-refractivity contribution is 0.251. The molecule has 2 heterocycles. The summed E-state index contributed by atoms with van der Waals surface area (Å²) in [6.07, 6.45) is 5.53. The molecule has 0 aliphatic rings. The third-order valence-electron chi connectivity index (χ3n) is 2.68. The van der Waals surface area contributed by atoms with E-state index < -0.39 is 0 Å². The van der Waals surface area contributed by atoms with Gasteiger partial charge in [-0.25, -0.2) is 19.4 Å². The molecule has 2 rings (SSSR count). The Hall–Kier alpha value is -2.44. The van der Waals surface area contributed by atoms with E-state index in [0.717, 1.165) is 6.42 Å². The highest BCUT2D eigenvalue weighted by Gasteiger charge is 2.09. The average Bonchev–Trinajstić information content (AvgIpc) is 2.92. The van der Waals surface area contributed by atoms with Crippen molar-refractivity contribution in [3.8, 4) is 5.82 Å². The zero-order valence-corrected chi connectivity index (χ0v) is 11.6. The van der Waals surface area contributed by atoms with E-state index >= 15 is 0 Å². The quantitative estimate of drug-likeness (QED) is 0.871. The minimum atomic E-state index is -0.250. The highest BCUT2D eigenvalue weighted by molar-refractivity contribution is 5.90. The first-order valence-electron chi connectivity index (χ1n) is 6.51. The fourth-order valence-corrected chi connectivity index (χ4v) is 1.64. The van der Waals surface area contributed by atoms with Gasteiger partial charge in [0.25, 0.3) is 0 Å². The van der Waals surface area contributed by atoms with Gasteiger partial charge in [-0.05, 0) is 24.5 Å². The van der Waals surface area contributed by atoms with Gasteiger partial charge in [-0.3, -0.25) is 0 Å². The molecule has 0 saturated carbocycles. The van der Waals surface area contributed by atoms with Crippen molar-refractivity contribution in [3.63, 3.8) is 0 Å². The van der Waals surface area contributed by atoms with Crippen LogP contribution in [0.15, 0.2) is 31.0 Å². The normalized spacial score (nSPS) is 10.6. The first kappa shape index (κ1) is 14.0. The van der Waals surface area contributed by atoms with Crippen LogP contribution in [0.1, 0.15) is 20.3 Å². The molecule has 0 saturated heterocycles. The average molecular weight is 274 g/mol. The van der Waals surface area contributed by atoms with Gasteiger partial charge in [-0.1, -0.05) is 13.8 Å². The van der Waals surface area contributed by atoms with Crippen molar-refractivity contribution < 1.29 is 4.79 Å². The monoisotopic (exact) mass is 274 g/mol. The number of anilines is 1. The van der Waals surface area contributed by atoms with Gasteiger partial charge in [0, 0.05) is 12.7 Å². The van der Waals surface area contributed by atoms with Gasteiger partial charge < -0.3 is 10.6 Å². The van der Waals surface area contributed by atoms with Crippen LogP contribution in [-0.2, 0) is 0 Å². The third kappa shape index (κ3) is 3.78. The molecule has 0 aliphatic carbocycles. The molecule has 2 amide bonds. The molecule has 2 aromatic rings. The molecule has 0 atom stereocenters. The Kier molecular flexibility index (Phi) is 4.65. The summed E-state index contributed by atoms with van der Waals surface area (Å²) in [6, 6.07) is 3.27. The van der Waals surface area contributed by atoms with E-state index in [1.807, 2.05) is 0 Å². The molecule has 106 valence electrons. The van der Waals surface area contributed by atoms with Crippen LogP contribution in [0.5, 0.6) is 0 Å². The van der Waals surface area contributed by atoms with Crippen LogP contribution in [-0.4, -0.2) is 32.3 Å². The molecule has 7 nitrogen and oxygen atoms in total. The van der Waals surface area contributed by atoms with Crippen LogP contribution < -0.4 is 10.6 Å². The maximum absolute atomic E-state index is 11.8. The number of urea groups is 1.